The molecule has 0 unspecified atom stereocenters. The second kappa shape index (κ2) is 9.54. The van der Waals surface area contributed by atoms with Crippen LogP contribution in [0.1, 0.15) is 47.8 Å². The average Bonchev–Trinajstić information content (AvgIpc) is 3.19. The molecule has 3 aromatic rings. The highest BCUT2D eigenvalue weighted by Crippen LogP contribution is 2.31. The van der Waals surface area contributed by atoms with Crippen molar-refractivity contribution in [2.24, 2.45) is 4.99 Å². The third-order valence-corrected chi connectivity index (χ3v) is 5.37. The van der Waals surface area contributed by atoms with Gasteiger partial charge in [-0.15, -0.1) is 0 Å². The van der Waals surface area contributed by atoms with Crippen molar-refractivity contribution in [2.45, 2.75) is 26.2 Å². The number of cyclic esters (lactones) is 1. The molecule has 1 aliphatic heterocycles. The molecule has 0 bridgehead atoms. The summed E-state index contributed by atoms with van der Waals surface area (Å²) in [5.41, 5.74) is 2.49. The summed E-state index contributed by atoms with van der Waals surface area (Å²) in [6.45, 7) is 6.29. The van der Waals surface area contributed by atoms with E-state index in [-0.39, 0.29) is 22.8 Å². The third kappa shape index (κ3) is 5.46. The number of methoxy groups -OCH3 is 1. The zero-order valence-electron chi connectivity index (χ0n) is 19.8. The zero-order valence-corrected chi connectivity index (χ0v) is 19.8. The molecule has 0 atom stereocenters. The normalized spacial score (nSPS) is 14.5. The third-order valence-electron chi connectivity index (χ3n) is 5.37. The maximum atomic E-state index is 13.5. The first-order valence-electron chi connectivity index (χ1n) is 10.9. The van der Waals surface area contributed by atoms with E-state index < -0.39 is 17.8 Å². The molecule has 1 aliphatic rings. The van der Waals surface area contributed by atoms with Crippen molar-refractivity contribution < 1.29 is 28.2 Å². The summed E-state index contributed by atoms with van der Waals surface area (Å²) in [5, 5.41) is 0. The van der Waals surface area contributed by atoms with Gasteiger partial charge in [-0.25, -0.2) is 19.0 Å². The molecule has 1 heterocycles. The first-order chi connectivity index (χ1) is 16.6. The Morgan fingerprint density at radius 1 is 1.00 bits per heavy atom. The van der Waals surface area contributed by atoms with Gasteiger partial charge in [0.05, 0.1) is 12.7 Å². The van der Waals surface area contributed by atoms with E-state index >= 15 is 0 Å². The van der Waals surface area contributed by atoms with E-state index in [9.17, 15) is 14.0 Å². The van der Waals surface area contributed by atoms with Crippen molar-refractivity contribution in [3.8, 4) is 11.5 Å². The number of nitrogens with zero attached hydrogens (tertiary/aromatic N) is 1. The number of ether oxygens (including phenoxy) is 3. The second-order valence-electron chi connectivity index (χ2n) is 8.97. The molecular weight excluding hydrogens is 449 g/mol. The number of carbonyl (C=O) groups excluding carboxylic acids is 2. The first kappa shape index (κ1) is 23.9. The van der Waals surface area contributed by atoms with Gasteiger partial charge in [-0.05, 0) is 65.1 Å². The molecule has 0 spiro atoms. The molecule has 0 N–H and O–H groups in total. The lowest BCUT2D eigenvalue weighted by atomic mass is 9.87. The number of hydrogen-bond donors (Lipinski definition) is 0. The van der Waals surface area contributed by atoms with Gasteiger partial charge in [0.15, 0.2) is 17.2 Å². The van der Waals surface area contributed by atoms with E-state index in [0.29, 0.717) is 22.4 Å². The fraction of sp³-hybridized carbons (Fsp3) is 0.179. The van der Waals surface area contributed by atoms with Crippen LogP contribution in [-0.4, -0.2) is 24.9 Å². The Hall–Kier alpha value is -4.26. The van der Waals surface area contributed by atoms with Crippen molar-refractivity contribution in [3.05, 3.63) is 100 Å². The fourth-order valence-corrected chi connectivity index (χ4v) is 3.44. The minimum absolute atomic E-state index is 0.0238. The Morgan fingerprint density at radius 2 is 1.74 bits per heavy atom. The number of aliphatic imine (C=N–C) groups is 1. The van der Waals surface area contributed by atoms with Crippen molar-refractivity contribution in [1.82, 2.24) is 0 Å². The van der Waals surface area contributed by atoms with Crippen LogP contribution in [0.2, 0.25) is 0 Å². The molecule has 0 amide bonds. The summed E-state index contributed by atoms with van der Waals surface area (Å²) in [6.07, 6.45) is 1.51. The maximum absolute atomic E-state index is 13.5. The summed E-state index contributed by atoms with van der Waals surface area (Å²) in [6, 6.07) is 17.7. The molecule has 0 saturated carbocycles. The van der Waals surface area contributed by atoms with Crippen molar-refractivity contribution in [1.29, 1.82) is 0 Å². The fourth-order valence-electron chi connectivity index (χ4n) is 3.44. The Balaban J connectivity index is 1.54. The molecule has 0 aromatic heterocycles. The maximum Gasteiger partial charge on any atom is 0.363 e. The quantitative estimate of drug-likeness (QED) is 0.270. The Labute approximate surface area is 202 Å². The predicted octanol–water partition coefficient (Wildman–Crippen LogP) is 5.70. The summed E-state index contributed by atoms with van der Waals surface area (Å²) < 4.78 is 29.6. The van der Waals surface area contributed by atoms with Gasteiger partial charge in [-0.3, -0.25) is 0 Å². The van der Waals surface area contributed by atoms with Crippen LogP contribution in [0, 0.1) is 5.82 Å². The Kier molecular flexibility index (Phi) is 6.51. The van der Waals surface area contributed by atoms with Gasteiger partial charge in [-0.1, -0.05) is 45.0 Å². The lowest BCUT2D eigenvalue weighted by Gasteiger charge is -2.19. The standard InChI is InChI=1S/C28H24FNO5/c1-28(2,3)20-11-9-18(10-12-20)26(31)34-23-13-8-17(15-24(23)33-4)14-22-27(32)35-25(30-22)19-6-5-7-21(29)16-19/h5-16H,1-4H3/b22-14-. The van der Waals surface area contributed by atoms with Gasteiger partial charge in [0, 0.05) is 5.56 Å². The van der Waals surface area contributed by atoms with Crippen LogP contribution in [0.15, 0.2) is 77.4 Å². The number of benzene rings is 3. The number of carbonyl (C=O) groups is 2. The number of esters is 2. The number of hydrogen-bond acceptors (Lipinski definition) is 6. The molecule has 6 nitrogen and oxygen atoms in total. The molecule has 0 saturated heterocycles. The van der Waals surface area contributed by atoms with Crippen molar-refractivity contribution >= 4 is 23.9 Å². The summed E-state index contributed by atoms with van der Waals surface area (Å²) >= 11 is 0. The van der Waals surface area contributed by atoms with Gasteiger partial charge in [-0.2, -0.15) is 0 Å². The number of rotatable bonds is 5. The van der Waals surface area contributed by atoms with Crippen LogP contribution in [-0.2, 0) is 14.9 Å². The lowest BCUT2D eigenvalue weighted by molar-refractivity contribution is -0.129. The highest BCUT2D eigenvalue weighted by atomic mass is 19.1. The summed E-state index contributed by atoms with van der Waals surface area (Å²) in [7, 11) is 1.45. The van der Waals surface area contributed by atoms with Gasteiger partial charge < -0.3 is 14.2 Å². The molecule has 0 aliphatic carbocycles. The van der Waals surface area contributed by atoms with Crippen LogP contribution in [0.3, 0.4) is 0 Å². The van der Waals surface area contributed by atoms with Crippen molar-refractivity contribution in [2.75, 3.05) is 7.11 Å². The van der Waals surface area contributed by atoms with Gasteiger partial charge in [0.2, 0.25) is 5.90 Å². The average molecular weight is 474 g/mol. The van der Waals surface area contributed by atoms with E-state index in [1.54, 1.807) is 36.4 Å². The monoisotopic (exact) mass is 473 g/mol. The van der Waals surface area contributed by atoms with E-state index in [4.69, 9.17) is 14.2 Å². The number of halogens is 1. The first-order valence-corrected chi connectivity index (χ1v) is 10.9. The van der Waals surface area contributed by atoms with Crippen LogP contribution in [0.25, 0.3) is 6.08 Å². The van der Waals surface area contributed by atoms with Crippen molar-refractivity contribution in [3.63, 3.8) is 0 Å². The second-order valence-corrected chi connectivity index (χ2v) is 8.97. The molecule has 0 radical (unpaired) electrons. The topological polar surface area (TPSA) is 74.2 Å². The summed E-state index contributed by atoms with van der Waals surface area (Å²) in [5.74, 6) is -1.07. The van der Waals surface area contributed by atoms with E-state index in [2.05, 4.69) is 25.8 Å². The van der Waals surface area contributed by atoms with Crippen LogP contribution < -0.4 is 9.47 Å². The van der Waals surface area contributed by atoms with E-state index in [1.807, 2.05) is 12.1 Å². The van der Waals surface area contributed by atoms with E-state index in [1.165, 1.54) is 31.4 Å². The molecule has 4 rings (SSSR count). The molecule has 0 fully saturated rings. The molecular formula is C28H24FNO5. The van der Waals surface area contributed by atoms with Gasteiger partial charge in [0.25, 0.3) is 0 Å². The van der Waals surface area contributed by atoms with Crippen LogP contribution in [0.5, 0.6) is 11.5 Å². The Morgan fingerprint density at radius 3 is 2.40 bits per heavy atom. The lowest BCUT2D eigenvalue weighted by Crippen LogP contribution is -2.13. The van der Waals surface area contributed by atoms with Crippen LogP contribution >= 0.6 is 0 Å². The Bertz CT molecular complexity index is 1350. The zero-order chi connectivity index (χ0) is 25.2. The molecule has 35 heavy (non-hydrogen) atoms. The van der Waals surface area contributed by atoms with Gasteiger partial charge >= 0.3 is 11.9 Å². The van der Waals surface area contributed by atoms with E-state index in [0.717, 1.165) is 5.56 Å². The van der Waals surface area contributed by atoms with Gasteiger partial charge in [0.1, 0.15) is 5.82 Å². The molecule has 178 valence electrons. The smallest absolute Gasteiger partial charge is 0.363 e. The predicted molar refractivity (Wildman–Crippen MR) is 130 cm³/mol. The molecule has 3 aromatic carbocycles. The summed E-state index contributed by atoms with van der Waals surface area (Å²) in [4.78, 5) is 29.1. The highest BCUT2D eigenvalue weighted by Gasteiger charge is 2.24. The highest BCUT2D eigenvalue weighted by molar-refractivity contribution is 6.12. The largest absolute Gasteiger partial charge is 0.493 e. The van der Waals surface area contributed by atoms with Crippen LogP contribution in [0.4, 0.5) is 4.39 Å². The molecule has 7 heteroatoms. The SMILES string of the molecule is COc1cc(/C=C2\N=C(c3cccc(F)c3)OC2=O)ccc1OC(=O)c1ccc(C(C)(C)C)cc1. The minimum atomic E-state index is -0.655. The minimum Gasteiger partial charge on any atom is -0.493 e.